The summed E-state index contributed by atoms with van der Waals surface area (Å²) in [5, 5.41) is 16.0. The second-order valence-electron chi connectivity index (χ2n) is 1.79. The monoisotopic (exact) mass is 194 g/mol. The van der Waals surface area contributed by atoms with Crippen LogP contribution in [-0.2, 0) is 9.53 Å². The van der Waals surface area contributed by atoms with Crippen molar-refractivity contribution in [3.8, 4) is 0 Å². The number of carbonyl (C=O) groups is 1. The predicted molar refractivity (Wildman–Crippen MR) is 41.0 cm³/mol. The Morgan fingerprint density at radius 3 is 2.58 bits per heavy atom. The Balaban J connectivity index is 4.41. The third-order valence-electron chi connectivity index (χ3n) is 0.961. The van der Waals surface area contributed by atoms with E-state index in [2.05, 4.69) is 4.74 Å². The number of nitrogens with one attached hydrogen (secondary N) is 1. The molecule has 1 atom stereocenters. The smallest absolute Gasteiger partial charge is 0.389 e. The summed E-state index contributed by atoms with van der Waals surface area (Å²) in [7, 11) is 0. The first-order valence-corrected chi connectivity index (χ1v) is 3.42. The molecule has 0 aromatic heterocycles. The molecule has 0 saturated heterocycles. The highest BCUT2D eigenvalue weighted by atomic mass is 35.5. The van der Waals surface area contributed by atoms with Crippen molar-refractivity contribution in [2.24, 2.45) is 0 Å². The first kappa shape index (κ1) is 10.8. The van der Waals surface area contributed by atoms with Gasteiger partial charge in [0.1, 0.15) is 0 Å². The van der Waals surface area contributed by atoms with E-state index in [0.29, 0.717) is 0 Å². The van der Waals surface area contributed by atoms with Crippen LogP contribution in [0, 0.1) is 15.5 Å². The second kappa shape index (κ2) is 4.66. The van der Waals surface area contributed by atoms with Crippen molar-refractivity contribution in [1.82, 2.24) is 0 Å². The van der Waals surface area contributed by atoms with Gasteiger partial charge < -0.3 is 4.74 Å². The average Bonchev–Trinajstić information content (AvgIpc) is 1.85. The van der Waals surface area contributed by atoms with E-state index in [9.17, 15) is 14.9 Å². The van der Waals surface area contributed by atoms with E-state index in [-0.39, 0.29) is 6.61 Å². The van der Waals surface area contributed by atoms with Crippen molar-refractivity contribution >= 4 is 22.7 Å². The summed E-state index contributed by atoms with van der Waals surface area (Å²) in [5.74, 6) is -1.11. The largest absolute Gasteiger partial charge is 0.461 e. The number of nitrogens with zero attached hydrogens (tertiary/aromatic N) is 1. The predicted octanol–water partition coefficient (Wildman–Crippen LogP) is 0.411. The molecule has 0 aliphatic heterocycles. The normalized spacial score (nSPS) is 11.8. The topological polar surface area (TPSA) is 93.3 Å². The first-order valence-electron chi connectivity index (χ1n) is 3.04. The zero-order valence-corrected chi connectivity index (χ0v) is 7.00. The van der Waals surface area contributed by atoms with E-state index >= 15 is 0 Å². The number of nitro groups is 1. The zero-order valence-electron chi connectivity index (χ0n) is 6.24. The minimum Gasteiger partial charge on any atom is -0.461 e. The number of halogens is 1. The molecular formula is C5H7ClN2O4. The number of carbonyl (C=O) groups excluding carboxylic acids is 1. The molecular weight excluding hydrogens is 188 g/mol. The maximum atomic E-state index is 10.7. The van der Waals surface area contributed by atoms with Crippen LogP contribution in [0.5, 0.6) is 0 Å². The van der Waals surface area contributed by atoms with Crippen LogP contribution in [0.25, 0.3) is 0 Å². The highest BCUT2D eigenvalue weighted by molar-refractivity contribution is 6.67. The Morgan fingerprint density at radius 1 is 1.83 bits per heavy atom. The lowest BCUT2D eigenvalue weighted by molar-refractivity contribution is -0.491. The quantitative estimate of drug-likeness (QED) is 0.304. The van der Waals surface area contributed by atoms with E-state index in [4.69, 9.17) is 17.0 Å². The second-order valence-corrected chi connectivity index (χ2v) is 2.20. The van der Waals surface area contributed by atoms with E-state index in [1.165, 1.54) is 6.92 Å². The van der Waals surface area contributed by atoms with Crippen LogP contribution < -0.4 is 0 Å². The molecule has 0 bridgehead atoms. The molecule has 6 nitrogen and oxygen atoms in total. The third-order valence-corrected chi connectivity index (χ3v) is 1.17. The van der Waals surface area contributed by atoms with Crippen molar-refractivity contribution < 1.29 is 14.5 Å². The zero-order chi connectivity index (χ0) is 9.72. The fourth-order valence-electron chi connectivity index (χ4n) is 0.503. The van der Waals surface area contributed by atoms with E-state index in [1.807, 2.05) is 0 Å². The van der Waals surface area contributed by atoms with Gasteiger partial charge in [-0.05, 0) is 6.92 Å². The van der Waals surface area contributed by atoms with E-state index in [1.54, 1.807) is 0 Å². The molecule has 0 spiro atoms. The Morgan fingerprint density at radius 2 is 2.33 bits per heavy atom. The SMILES string of the molecule is CCOC(=O)C(C(=N)Cl)[N+](=O)[O-]. The molecule has 0 radical (unpaired) electrons. The van der Waals surface area contributed by atoms with Gasteiger partial charge in [-0.25, -0.2) is 4.79 Å². The molecule has 1 N–H and O–H groups in total. The molecule has 0 saturated carbocycles. The lowest BCUT2D eigenvalue weighted by atomic mass is 10.3. The van der Waals surface area contributed by atoms with Gasteiger partial charge in [-0.1, -0.05) is 11.6 Å². The van der Waals surface area contributed by atoms with Gasteiger partial charge in [-0.3, -0.25) is 15.5 Å². The van der Waals surface area contributed by atoms with Gasteiger partial charge in [0.15, 0.2) is 5.17 Å². The first-order chi connectivity index (χ1) is 5.50. The Hall–Kier alpha value is -1.17. The molecule has 0 aliphatic carbocycles. The lowest BCUT2D eigenvalue weighted by Gasteiger charge is -2.04. The van der Waals surface area contributed by atoms with Crippen LogP contribution in [0.2, 0.25) is 0 Å². The van der Waals surface area contributed by atoms with Crippen LogP contribution >= 0.6 is 11.6 Å². The fourth-order valence-corrected chi connectivity index (χ4v) is 0.672. The molecule has 0 aromatic rings. The van der Waals surface area contributed by atoms with Gasteiger partial charge in [0.05, 0.1) is 6.61 Å². The Labute approximate surface area is 73.1 Å². The molecule has 0 heterocycles. The van der Waals surface area contributed by atoms with Crippen LogP contribution in [0.3, 0.4) is 0 Å². The van der Waals surface area contributed by atoms with Gasteiger partial charge in [0.2, 0.25) is 0 Å². The van der Waals surface area contributed by atoms with E-state index < -0.39 is 22.1 Å². The number of hydrogen-bond donors (Lipinski definition) is 1. The molecule has 12 heavy (non-hydrogen) atoms. The summed E-state index contributed by atoms with van der Waals surface area (Å²) >= 11 is 5.01. The van der Waals surface area contributed by atoms with Crippen LogP contribution in [0.15, 0.2) is 0 Å². The molecule has 1 unspecified atom stereocenters. The Kier molecular flexibility index (Phi) is 4.20. The maximum absolute atomic E-state index is 10.7. The Bertz CT molecular complexity index is 203. The van der Waals surface area contributed by atoms with Crippen molar-refractivity contribution in [2.45, 2.75) is 13.0 Å². The number of ether oxygens (including phenoxy) is 1. The van der Waals surface area contributed by atoms with Gasteiger partial charge in [0, 0.05) is 4.92 Å². The summed E-state index contributed by atoms with van der Waals surface area (Å²) in [6, 6.07) is -1.88. The molecule has 0 aliphatic rings. The van der Waals surface area contributed by atoms with Gasteiger partial charge in [-0.2, -0.15) is 0 Å². The minimum atomic E-state index is -1.88. The summed E-state index contributed by atoms with van der Waals surface area (Å²) in [6.45, 7) is 1.53. The van der Waals surface area contributed by atoms with Crippen LogP contribution in [0.4, 0.5) is 0 Å². The van der Waals surface area contributed by atoms with Crippen molar-refractivity contribution in [3.05, 3.63) is 10.1 Å². The summed E-state index contributed by atoms with van der Waals surface area (Å²) < 4.78 is 4.32. The van der Waals surface area contributed by atoms with Gasteiger partial charge in [0.25, 0.3) is 0 Å². The highest BCUT2D eigenvalue weighted by Gasteiger charge is 2.35. The number of rotatable bonds is 4. The molecule has 0 rings (SSSR count). The molecule has 0 aromatic carbocycles. The highest BCUT2D eigenvalue weighted by Crippen LogP contribution is 2.00. The lowest BCUT2D eigenvalue weighted by Crippen LogP contribution is -2.36. The molecule has 0 amide bonds. The summed E-state index contributed by atoms with van der Waals surface area (Å²) in [4.78, 5) is 19.9. The van der Waals surface area contributed by atoms with Crippen LogP contribution in [0.1, 0.15) is 6.92 Å². The summed E-state index contributed by atoms with van der Waals surface area (Å²) in [5.41, 5.74) is 0. The van der Waals surface area contributed by atoms with Crippen molar-refractivity contribution in [2.75, 3.05) is 6.61 Å². The maximum Gasteiger partial charge on any atom is 0.389 e. The van der Waals surface area contributed by atoms with E-state index in [0.717, 1.165) is 0 Å². The van der Waals surface area contributed by atoms with Gasteiger partial charge in [-0.15, -0.1) is 0 Å². The average molecular weight is 195 g/mol. The summed E-state index contributed by atoms with van der Waals surface area (Å²) in [6.07, 6.45) is 0. The number of hydrogen-bond acceptors (Lipinski definition) is 5. The van der Waals surface area contributed by atoms with Crippen molar-refractivity contribution in [1.29, 1.82) is 5.41 Å². The molecule has 0 fully saturated rings. The van der Waals surface area contributed by atoms with Gasteiger partial charge >= 0.3 is 12.0 Å². The number of esters is 1. The molecule has 68 valence electrons. The fraction of sp³-hybridized carbons (Fsp3) is 0.600. The third kappa shape index (κ3) is 2.83. The standard InChI is InChI=1S/C5H7ClN2O4/c1-2-12-5(9)3(4(6)7)8(10)11/h3,7H,2H2,1H3. The molecule has 7 heteroatoms. The van der Waals surface area contributed by atoms with Crippen LogP contribution in [-0.4, -0.2) is 28.7 Å². The van der Waals surface area contributed by atoms with Crippen molar-refractivity contribution in [3.63, 3.8) is 0 Å². The minimum absolute atomic E-state index is 0.0212.